The van der Waals surface area contributed by atoms with E-state index in [-0.39, 0.29) is 0 Å². The topological polar surface area (TPSA) is 61.8 Å². The van der Waals surface area contributed by atoms with Crippen LogP contribution in [0, 0.1) is 0 Å². The number of carbonyl (C=O) groups is 2. The maximum Gasteiger partial charge on any atom is 0.303 e. The first-order chi connectivity index (χ1) is 8.93. The highest BCUT2D eigenvalue weighted by Gasteiger charge is 2.24. The van der Waals surface area contributed by atoms with Gasteiger partial charge in [0.2, 0.25) is 0 Å². The monoisotopic (exact) mass is 266 g/mol. The van der Waals surface area contributed by atoms with Crippen molar-refractivity contribution in [3.8, 4) is 5.75 Å². The van der Waals surface area contributed by atoms with Crippen molar-refractivity contribution in [1.29, 1.82) is 0 Å². The minimum atomic E-state index is -0.632. The van der Waals surface area contributed by atoms with Gasteiger partial charge in [0.1, 0.15) is 11.9 Å². The number of methoxy groups -OCH3 is 1. The molecule has 1 aromatic carbocycles. The van der Waals surface area contributed by atoms with Crippen LogP contribution < -0.4 is 4.74 Å². The lowest BCUT2D eigenvalue weighted by molar-refractivity contribution is -0.164. The predicted molar refractivity (Wildman–Crippen MR) is 68.7 cm³/mol. The molecular formula is C14H18O5. The summed E-state index contributed by atoms with van der Waals surface area (Å²) in [5.74, 6) is -0.150. The summed E-state index contributed by atoms with van der Waals surface area (Å²) < 4.78 is 15.4. The molecule has 104 valence electrons. The van der Waals surface area contributed by atoms with E-state index in [1.165, 1.54) is 13.8 Å². The van der Waals surface area contributed by atoms with Crippen molar-refractivity contribution >= 4 is 11.9 Å². The highest BCUT2D eigenvalue weighted by atomic mass is 16.6. The molecule has 5 heteroatoms. The zero-order chi connectivity index (χ0) is 14.4. The molecule has 0 radical (unpaired) electrons. The van der Waals surface area contributed by atoms with Gasteiger partial charge in [0.15, 0.2) is 6.10 Å². The Labute approximate surface area is 112 Å². The van der Waals surface area contributed by atoms with E-state index in [0.29, 0.717) is 5.75 Å². The van der Waals surface area contributed by atoms with Crippen LogP contribution in [0.2, 0.25) is 0 Å². The van der Waals surface area contributed by atoms with E-state index >= 15 is 0 Å². The summed E-state index contributed by atoms with van der Waals surface area (Å²) in [6.07, 6.45) is -1.19. The van der Waals surface area contributed by atoms with Crippen molar-refractivity contribution in [3.05, 3.63) is 29.8 Å². The quantitative estimate of drug-likeness (QED) is 0.765. The fraction of sp³-hybridized carbons (Fsp3) is 0.429. The highest BCUT2D eigenvalue weighted by Crippen LogP contribution is 2.25. The van der Waals surface area contributed by atoms with Gasteiger partial charge in [-0.05, 0) is 24.6 Å². The molecule has 0 aliphatic carbocycles. The summed E-state index contributed by atoms with van der Waals surface area (Å²) >= 11 is 0. The molecule has 0 aliphatic heterocycles. The van der Waals surface area contributed by atoms with Crippen LogP contribution in [0.3, 0.4) is 0 Å². The van der Waals surface area contributed by atoms with Gasteiger partial charge >= 0.3 is 11.9 Å². The Kier molecular flexibility index (Phi) is 5.36. The Balaban J connectivity index is 2.93. The summed E-state index contributed by atoms with van der Waals surface area (Å²) in [5, 5.41) is 0. The Bertz CT molecular complexity index is 438. The van der Waals surface area contributed by atoms with Crippen molar-refractivity contribution in [1.82, 2.24) is 0 Å². The fourth-order valence-corrected chi connectivity index (χ4v) is 1.73. The number of ether oxygens (including phenoxy) is 3. The maximum atomic E-state index is 11.2. The highest BCUT2D eigenvalue weighted by molar-refractivity contribution is 5.67. The Morgan fingerprint density at radius 3 is 1.95 bits per heavy atom. The molecule has 1 aromatic rings. The molecule has 0 fully saturated rings. The number of carbonyl (C=O) groups excluding carboxylic acids is 2. The summed E-state index contributed by atoms with van der Waals surface area (Å²) in [6.45, 7) is 4.31. The molecule has 0 N–H and O–H groups in total. The van der Waals surface area contributed by atoms with E-state index in [1.54, 1.807) is 38.3 Å². The largest absolute Gasteiger partial charge is 0.497 e. The Morgan fingerprint density at radius 1 is 1.00 bits per heavy atom. The maximum absolute atomic E-state index is 11.2. The molecule has 0 saturated carbocycles. The molecule has 19 heavy (non-hydrogen) atoms. The number of rotatable bonds is 5. The van der Waals surface area contributed by atoms with Gasteiger partial charge in [0, 0.05) is 13.8 Å². The van der Waals surface area contributed by atoms with Crippen LogP contribution >= 0.6 is 0 Å². The van der Waals surface area contributed by atoms with Crippen LogP contribution in [0.15, 0.2) is 24.3 Å². The van der Waals surface area contributed by atoms with Crippen molar-refractivity contribution in [2.45, 2.75) is 33.0 Å². The van der Waals surface area contributed by atoms with E-state index in [9.17, 15) is 9.59 Å². The normalized spacial score (nSPS) is 13.3. The number of hydrogen-bond acceptors (Lipinski definition) is 5. The third-order valence-electron chi connectivity index (χ3n) is 2.52. The second-order valence-electron chi connectivity index (χ2n) is 4.12. The molecule has 0 aliphatic rings. The zero-order valence-corrected chi connectivity index (χ0v) is 11.5. The van der Waals surface area contributed by atoms with Gasteiger partial charge in [-0.2, -0.15) is 0 Å². The van der Waals surface area contributed by atoms with Gasteiger partial charge in [-0.25, -0.2) is 0 Å². The van der Waals surface area contributed by atoms with Gasteiger partial charge in [0.25, 0.3) is 0 Å². The van der Waals surface area contributed by atoms with Gasteiger partial charge in [0.05, 0.1) is 7.11 Å². The van der Waals surface area contributed by atoms with Crippen LogP contribution in [-0.4, -0.2) is 25.2 Å². The molecule has 1 rings (SSSR count). The average Bonchev–Trinajstić information content (AvgIpc) is 2.35. The lowest BCUT2D eigenvalue weighted by atomic mass is 10.0. The molecule has 0 bridgehead atoms. The summed E-state index contributed by atoms with van der Waals surface area (Å²) in [4.78, 5) is 22.1. The van der Waals surface area contributed by atoms with Crippen molar-refractivity contribution < 1.29 is 23.8 Å². The number of benzene rings is 1. The first-order valence-corrected chi connectivity index (χ1v) is 5.92. The molecule has 0 saturated heterocycles. The molecule has 2 atom stereocenters. The van der Waals surface area contributed by atoms with Crippen molar-refractivity contribution in [3.63, 3.8) is 0 Å². The van der Waals surface area contributed by atoms with E-state index in [2.05, 4.69) is 0 Å². The van der Waals surface area contributed by atoms with Gasteiger partial charge in [-0.3, -0.25) is 9.59 Å². The molecule has 0 amide bonds. The van der Waals surface area contributed by atoms with Gasteiger partial charge in [-0.15, -0.1) is 0 Å². The lowest BCUT2D eigenvalue weighted by Crippen LogP contribution is -2.25. The van der Waals surface area contributed by atoms with Crippen LogP contribution in [0.5, 0.6) is 5.75 Å². The third-order valence-corrected chi connectivity index (χ3v) is 2.52. The van der Waals surface area contributed by atoms with Gasteiger partial charge in [-0.1, -0.05) is 12.1 Å². The lowest BCUT2D eigenvalue weighted by Gasteiger charge is -2.23. The first kappa shape index (κ1) is 15.0. The second-order valence-corrected chi connectivity index (χ2v) is 4.12. The smallest absolute Gasteiger partial charge is 0.303 e. The zero-order valence-electron chi connectivity index (χ0n) is 11.5. The minimum absolute atomic E-state index is 0.418. The summed E-state index contributed by atoms with van der Waals surface area (Å²) in [7, 11) is 1.57. The van der Waals surface area contributed by atoms with E-state index < -0.39 is 24.1 Å². The van der Waals surface area contributed by atoms with E-state index in [4.69, 9.17) is 14.2 Å². The van der Waals surface area contributed by atoms with Crippen LogP contribution in [0.1, 0.15) is 32.4 Å². The molecule has 0 spiro atoms. The number of hydrogen-bond donors (Lipinski definition) is 0. The van der Waals surface area contributed by atoms with Crippen molar-refractivity contribution in [2.24, 2.45) is 0 Å². The summed E-state index contributed by atoms with van der Waals surface area (Å²) in [6, 6.07) is 7.05. The Morgan fingerprint density at radius 2 is 1.53 bits per heavy atom. The third kappa shape index (κ3) is 4.62. The van der Waals surface area contributed by atoms with Crippen LogP contribution in [0.25, 0.3) is 0 Å². The number of esters is 2. The van der Waals surface area contributed by atoms with Crippen molar-refractivity contribution in [2.75, 3.05) is 7.11 Å². The molecule has 5 nitrogen and oxygen atoms in total. The standard InChI is InChI=1S/C14H18O5/c1-9(18-10(2)15)14(19-11(3)16)12-5-7-13(17-4)8-6-12/h5-9,14H,1-4H3/t9-,14?/m0/s1. The van der Waals surface area contributed by atoms with E-state index in [1.807, 2.05) is 0 Å². The van der Waals surface area contributed by atoms with Crippen LogP contribution in [-0.2, 0) is 19.1 Å². The fourth-order valence-electron chi connectivity index (χ4n) is 1.73. The Hall–Kier alpha value is -2.04. The molecule has 1 unspecified atom stereocenters. The molecule has 0 aromatic heterocycles. The van der Waals surface area contributed by atoms with E-state index in [0.717, 1.165) is 5.56 Å². The second kappa shape index (κ2) is 6.78. The average molecular weight is 266 g/mol. The SMILES string of the molecule is COc1ccc(C(OC(C)=O)[C@H](C)OC(C)=O)cc1. The molecule has 0 heterocycles. The van der Waals surface area contributed by atoms with Gasteiger partial charge < -0.3 is 14.2 Å². The molecular weight excluding hydrogens is 248 g/mol. The predicted octanol–water partition coefficient (Wildman–Crippen LogP) is 2.25. The van der Waals surface area contributed by atoms with Crippen LogP contribution in [0.4, 0.5) is 0 Å². The summed E-state index contributed by atoms with van der Waals surface area (Å²) in [5.41, 5.74) is 0.741. The minimum Gasteiger partial charge on any atom is -0.497 e. The first-order valence-electron chi connectivity index (χ1n) is 5.92.